The molecule has 0 fully saturated rings. The number of halogens is 3. The van der Waals surface area contributed by atoms with Crippen LogP contribution in [0.2, 0.25) is 0 Å². The Balaban J connectivity index is 1.57. The Morgan fingerprint density at radius 1 is 1.12 bits per heavy atom. The number of alkyl halides is 3. The van der Waals surface area contributed by atoms with Gasteiger partial charge in [-0.3, -0.25) is 4.79 Å². The number of sulfone groups is 1. The third-order valence-electron chi connectivity index (χ3n) is 7.15. The number of hydrogen-bond donors (Lipinski definition) is 1. The number of rotatable bonds is 13. The van der Waals surface area contributed by atoms with E-state index in [0.717, 1.165) is 34.0 Å². The van der Waals surface area contributed by atoms with Crippen molar-refractivity contribution in [3.63, 3.8) is 0 Å². The van der Waals surface area contributed by atoms with Crippen molar-refractivity contribution in [1.29, 1.82) is 0 Å². The fourth-order valence-electron chi connectivity index (χ4n) is 5.18. The highest BCUT2D eigenvalue weighted by Crippen LogP contribution is 2.50. The number of aromatic nitrogens is 1. The summed E-state index contributed by atoms with van der Waals surface area (Å²) in [6, 6.07) is 11.3. The Morgan fingerprint density at radius 2 is 1.81 bits per heavy atom. The predicted octanol–water partition coefficient (Wildman–Crippen LogP) is 6.95. The second-order valence-electron chi connectivity index (χ2n) is 10.5. The van der Waals surface area contributed by atoms with Gasteiger partial charge in [-0.25, -0.2) is 13.4 Å². The normalized spacial score (nSPS) is 14.9. The number of carboxylic acids is 1. The van der Waals surface area contributed by atoms with Gasteiger partial charge in [0, 0.05) is 29.0 Å². The summed E-state index contributed by atoms with van der Waals surface area (Å²) in [6.45, 7) is 4.18. The highest BCUT2D eigenvalue weighted by atomic mass is 32.2. The maximum absolute atomic E-state index is 14.2. The van der Waals surface area contributed by atoms with Gasteiger partial charge in [-0.2, -0.15) is 13.2 Å². The number of pyridine rings is 1. The van der Waals surface area contributed by atoms with Gasteiger partial charge in [-0.15, -0.1) is 11.8 Å². The molecule has 1 atom stereocenters. The molecule has 1 N–H and O–H groups in total. The summed E-state index contributed by atoms with van der Waals surface area (Å²) in [7, 11) is -3.06. The summed E-state index contributed by atoms with van der Waals surface area (Å²) in [5.41, 5.74) is 3.95. The number of nitrogens with zero attached hydrogens (tertiary/aromatic N) is 1. The summed E-state index contributed by atoms with van der Waals surface area (Å²) >= 11 is 0.983. The van der Waals surface area contributed by atoms with E-state index < -0.39 is 39.3 Å². The SMILES string of the molecule is CCc1cc(OCCCS(C)(=O)=O)cc(CC)c1-c1cccc(COc2ncc3c(c2C(F)(F)F)SC[C@@H]3CC(=O)O)c1. The van der Waals surface area contributed by atoms with Gasteiger partial charge in [0.2, 0.25) is 5.88 Å². The van der Waals surface area contributed by atoms with Gasteiger partial charge in [0.15, 0.2) is 0 Å². The van der Waals surface area contributed by atoms with Crippen LogP contribution < -0.4 is 9.47 Å². The maximum atomic E-state index is 14.2. The van der Waals surface area contributed by atoms with E-state index in [0.29, 0.717) is 30.6 Å². The van der Waals surface area contributed by atoms with Gasteiger partial charge >= 0.3 is 12.1 Å². The van der Waals surface area contributed by atoms with Crippen molar-refractivity contribution in [2.75, 3.05) is 24.4 Å². The summed E-state index contributed by atoms with van der Waals surface area (Å²) in [5.74, 6) is -1.19. The summed E-state index contributed by atoms with van der Waals surface area (Å²) in [6.07, 6.45) is -0.682. The lowest BCUT2D eigenvalue weighted by Gasteiger charge is -2.18. The van der Waals surface area contributed by atoms with Crippen LogP contribution in [0, 0.1) is 0 Å². The summed E-state index contributed by atoms with van der Waals surface area (Å²) in [4.78, 5) is 15.1. The molecule has 7 nitrogen and oxygen atoms in total. The Bertz CT molecular complexity index is 1570. The number of carboxylic acid groups (broad SMARTS) is 1. The molecule has 0 radical (unpaired) electrons. The fourth-order valence-corrected chi connectivity index (χ4v) is 7.22. The van der Waals surface area contributed by atoms with Crippen LogP contribution >= 0.6 is 11.8 Å². The molecular formula is C31H34F3NO6S2. The summed E-state index contributed by atoms with van der Waals surface area (Å²) in [5, 5.41) is 9.14. The van der Waals surface area contributed by atoms with Crippen molar-refractivity contribution < 1.29 is 41.0 Å². The lowest BCUT2D eigenvalue weighted by Crippen LogP contribution is -2.13. The highest BCUT2D eigenvalue weighted by molar-refractivity contribution is 7.99. The molecule has 0 bridgehead atoms. The van der Waals surface area contributed by atoms with Gasteiger partial charge in [0.05, 0.1) is 18.8 Å². The molecule has 0 amide bonds. The molecule has 0 spiro atoms. The van der Waals surface area contributed by atoms with Gasteiger partial charge in [0.25, 0.3) is 0 Å². The monoisotopic (exact) mass is 637 g/mol. The van der Waals surface area contributed by atoms with Crippen molar-refractivity contribution in [3.8, 4) is 22.8 Å². The van der Waals surface area contributed by atoms with Crippen molar-refractivity contribution in [3.05, 3.63) is 70.4 Å². The molecule has 1 aliphatic rings. The van der Waals surface area contributed by atoms with E-state index >= 15 is 0 Å². The zero-order chi connectivity index (χ0) is 31.4. The molecule has 2 heterocycles. The van der Waals surface area contributed by atoms with E-state index in [-0.39, 0.29) is 41.6 Å². The minimum Gasteiger partial charge on any atom is -0.494 e. The first-order valence-corrected chi connectivity index (χ1v) is 17.0. The number of hydrogen-bond acceptors (Lipinski definition) is 7. The molecule has 3 aromatic rings. The number of thioether (sulfide) groups is 1. The topological polar surface area (TPSA) is 103 Å². The zero-order valence-corrected chi connectivity index (χ0v) is 25.8. The van der Waals surface area contributed by atoms with Gasteiger partial charge in [-0.05, 0) is 70.8 Å². The number of benzene rings is 2. The number of aliphatic carboxylic acids is 1. The van der Waals surface area contributed by atoms with E-state index in [1.807, 2.05) is 44.2 Å². The second-order valence-corrected chi connectivity index (χ2v) is 13.8. The average Bonchev–Trinajstić information content (AvgIpc) is 3.34. The molecule has 0 saturated heterocycles. The Labute approximate surface area is 253 Å². The van der Waals surface area contributed by atoms with Crippen LogP contribution in [0.5, 0.6) is 11.6 Å². The molecule has 0 aliphatic carbocycles. The Morgan fingerprint density at radius 3 is 2.42 bits per heavy atom. The van der Waals surface area contributed by atoms with Crippen LogP contribution in [0.25, 0.3) is 11.1 Å². The van der Waals surface area contributed by atoms with Crippen LogP contribution in [0.4, 0.5) is 13.2 Å². The van der Waals surface area contributed by atoms with Crippen LogP contribution in [-0.4, -0.2) is 48.8 Å². The molecular weight excluding hydrogens is 603 g/mol. The molecule has 12 heteroatoms. The third kappa shape index (κ3) is 8.23. The fraction of sp³-hybridized carbons (Fsp3) is 0.419. The third-order valence-corrected chi connectivity index (χ3v) is 9.48. The van der Waals surface area contributed by atoms with Crippen molar-refractivity contribution in [2.45, 2.75) is 63.1 Å². The van der Waals surface area contributed by atoms with E-state index in [1.165, 1.54) is 12.5 Å². The lowest BCUT2D eigenvalue weighted by atomic mass is 9.90. The molecule has 43 heavy (non-hydrogen) atoms. The number of carbonyl (C=O) groups is 1. The smallest absolute Gasteiger partial charge is 0.422 e. The Hall–Kier alpha value is -3.25. The highest BCUT2D eigenvalue weighted by Gasteiger charge is 2.42. The quantitative estimate of drug-likeness (QED) is 0.201. The minimum absolute atomic E-state index is 0.0173. The summed E-state index contributed by atoms with van der Waals surface area (Å²) < 4.78 is 76.9. The first kappa shape index (κ1) is 32.7. The van der Waals surface area contributed by atoms with E-state index in [2.05, 4.69) is 4.98 Å². The standard InChI is InChI=1S/C31H34F3NO6S2/c1-4-20-13-24(40-10-7-11-43(3,38)39)14-21(5-2)27(20)22-9-6-8-19(12-22)17-41-30-28(31(32,33)34)29-25(16-35-30)23(18-42-29)15-26(36)37/h6,8-9,12-14,16,23H,4-5,7,10-11,15,17-18H2,1-3H3,(H,36,37)/t23-/m0/s1. The van der Waals surface area contributed by atoms with E-state index in [9.17, 15) is 26.4 Å². The second kappa shape index (κ2) is 13.6. The molecule has 0 saturated carbocycles. The Kier molecular flexibility index (Phi) is 10.3. The first-order valence-electron chi connectivity index (χ1n) is 13.9. The van der Waals surface area contributed by atoms with Crippen LogP contribution in [-0.2, 0) is 40.3 Å². The maximum Gasteiger partial charge on any atom is 0.422 e. The minimum atomic E-state index is -4.72. The first-order chi connectivity index (χ1) is 20.3. The van der Waals surface area contributed by atoms with Gasteiger partial charge in [0.1, 0.15) is 27.8 Å². The number of ether oxygens (including phenoxy) is 2. The molecule has 2 aromatic carbocycles. The largest absolute Gasteiger partial charge is 0.494 e. The zero-order valence-electron chi connectivity index (χ0n) is 24.2. The van der Waals surface area contributed by atoms with Crippen molar-refractivity contribution in [1.82, 2.24) is 4.98 Å². The van der Waals surface area contributed by atoms with Crippen LogP contribution in [0.3, 0.4) is 0 Å². The van der Waals surface area contributed by atoms with Gasteiger partial charge in [-0.1, -0.05) is 32.0 Å². The molecule has 1 aromatic heterocycles. The lowest BCUT2D eigenvalue weighted by molar-refractivity contribution is -0.141. The molecule has 1 aliphatic heterocycles. The van der Waals surface area contributed by atoms with E-state index in [4.69, 9.17) is 14.6 Å². The van der Waals surface area contributed by atoms with Crippen molar-refractivity contribution >= 4 is 27.6 Å². The molecule has 4 rings (SSSR count). The number of aryl methyl sites for hydroxylation is 2. The van der Waals surface area contributed by atoms with Gasteiger partial charge < -0.3 is 14.6 Å². The molecule has 232 valence electrons. The average molecular weight is 638 g/mol. The van der Waals surface area contributed by atoms with Crippen LogP contribution in [0.1, 0.15) is 60.4 Å². The molecule has 0 unspecified atom stereocenters. The van der Waals surface area contributed by atoms with Crippen LogP contribution in [0.15, 0.2) is 47.5 Å². The number of fused-ring (bicyclic) bond motifs is 1. The predicted molar refractivity (Wildman–Crippen MR) is 160 cm³/mol. The van der Waals surface area contributed by atoms with E-state index in [1.54, 1.807) is 6.07 Å². The van der Waals surface area contributed by atoms with Crippen molar-refractivity contribution in [2.24, 2.45) is 0 Å².